The first-order valence-corrected chi connectivity index (χ1v) is 16.6. The highest BCUT2D eigenvalue weighted by Crippen LogP contribution is 2.21. The molecule has 0 aliphatic rings. The number of nitrogens with one attached hydrogen (secondary N) is 1. The SMILES string of the molecule is CN(C(=O)C=CCC(C)(C)N)[C@H](Cc1ccc(-c2ccccc2)cc1)C(=O)N(C)[C@H](Cc1ccccc1)C(=O)NCCCCCCN. The Bertz CT molecular complexity index is 1420. The number of carbonyl (C=O) groups is 3. The molecule has 0 bridgehead atoms. The fourth-order valence-corrected chi connectivity index (χ4v) is 5.40. The van der Waals surface area contributed by atoms with Crippen LogP contribution in [-0.4, -0.2) is 72.3 Å². The summed E-state index contributed by atoms with van der Waals surface area (Å²) in [5, 5.41) is 3.05. The molecule has 3 rings (SSSR count). The van der Waals surface area contributed by atoms with E-state index in [2.05, 4.69) is 17.4 Å². The monoisotopic (exact) mass is 639 g/mol. The van der Waals surface area contributed by atoms with Crippen LogP contribution in [0.3, 0.4) is 0 Å². The Morgan fingerprint density at radius 3 is 1.91 bits per heavy atom. The number of hydrogen-bond donors (Lipinski definition) is 3. The van der Waals surface area contributed by atoms with Crippen molar-refractivity contribution in [3.8, 4) is 11.1 Å². The van der Waals surface area contributed by atoms with Crippen molar-refractivity contribution in [3.63, 3.8) is 0 Å². The lowest BCUT2D eigenvalue weighted by atomic mass is 9.98. The van der Waals surface area contributed by atoms with Gasteiger partial charge in [-0.1, -0.05) is 104 Å². The van der Waals surface area contributed by atoms with E-state index in [1.807, 2.05) is 86.6 Å². The standard InChI is InChI=1S/C39H53N5O3/c1-39(2,41)25-15-20-36(45)43(3)35(29-31-21-23-33(24-22-31)32-18-11-8-12-19-32)38(47)44(4)34(28-30-16-9-7-10-17-30)37(46)42-27-14-6-5-13-26-40/h7-12,15-24,34-35H,5-6,13-14,25-29,40-41H2,1-4H3,(H,42,46)/t34-,35-/m1/s1. The summed E-state index contributed by atoms with van der Waals surface area (Å²) in [4.78, 5) is 44.4. The highest BCUT2D eigenvalue weighted by Gasteiger charge is 2.34. The quantitative estimate of drug-likeness (QED) is 0.132. The van der Waals surface area contributed by atoms with E-state index in [-0.39, 0.29) is 24.1 Å². The maximum absolute atomic E-state index is 14.4. The van der Waals surface area contributed by atoms with Crippen LogP contribution in [-0.2, 0) is 27.2 Å². The van der Waals surface area contributed by atoms with Gasteiger partial charge in [0.2, 0.25) is 17.7 Å². The molecule has 5 N–H and O–H groups in total. The second-order valence-corrected chi connectivity index (χ2v) is 13.0. The number of nitrogens with two attached hydrogens (primary N) is 2. The topological polar surface area (TPSA) is 122 Å². The minimum atomic E-state index is -0.840. The van der Waals surface area contributed by atoms with Crippen LogP contribution >= 0.6 is 0 Å². The fraction of sp³-hybridized carbons (Fsp3) is 0.410. The summed E-state index contributed by atoms with van der Waals surface area (Å²) in [7, 11) is 3.30. The smallest absolute Gasteiger partial charge is 0.246 e. The first kappa shape index (κ1) is 37.2. The Kier molecular flexibility index (Phi) is 14.9. The van der Waals surface area contributed by atoms with E-state index in [1.165, 1.54) is 15.9 Å². The molecule has 0 heterocycles. The van der Waals surface area contributed by atoms with Crippen LogP contribution in [0.5, 0.6) is 0 Å². The molecule has 0 saturated heterocycles. The van der Waals surface area contributed by atoms with Crippen molar-refractivity contribution in [1.82, 2.24) is 15.1 Å². The van der Waals surface area contributed by atoms with Crippen LogP contribution < -0.4 is 16.8 Å². The largest absolute Gasteiger partial charge is 0.354 e. The number of unbranched alkanes of at least 4 members (excludes halogenated alkanes) is 3. The molecule has 3 amide bonds. The average Bonchev–Trinajstić information content (AvgIpc) is 3.07. The molecule has 2 atom stereocenters. The summed E-state index contributed by atoms with van der Waals surface area (Å²) >= 11 is 0. The van der Waals surface area contributed by atoms with Crippen molar-refractivity contribution in [2.24, 2.45) is 11.5 Å². The molecular weight excluding hydrogens is 586 g/mol. The molecule has 0 aliphatic carbocycles. The molecule has 252 valence electrons. The second kappa shape index (κ2) is 18.8. The van der Waals surface area contributed by atoms with Crippen molar-refractivity contribution >= 4 is 17.7 Å². The van der Waals surface area contributed by atoms with Gasteiger partial charge in [-0.05, 0) is 68.0 Å². The zero-order valence-corrected chi connectivity index (χ0v) is 28.5. The number of rotatable bonds is 18. The first-order valence-electron chi connectivity index (χ1n) is 16.6. The maximum Gasteiger partial charge on any atom is 0.246 e. The molecular formula is C39H53N5O3. The number of nitrogens with zero attached hydrogens (tertiary/aromatic N) is 2. The van der Waals surface area contributed by atoms with Crippen LogP contribution in [0.15, 0.2) is 97.1 Å². The third-order valence-corrected chi connectivity index (χ3v) is 8.31. The van der Waals surface area contributed by atoms with Gasteiger partial charge in [-0.15, -0.1) is 0 Å². The summed E-state index contributed by atoms with van der Waals surface area (Å²) in [6, 6.07) is 26.2. The lowest BCUT2D eigenvalue weighted by Crippen LogP contribution is -2.56. The molecule has 0 aliphatic heterocycles. The fourth-order valence-electron chi connectivity index (χ4n) is 5.40. The van der Waals surface area contributed by atoms with Gasteiger partial charge in [0.05, 0.1) is 0 Å². The Morgan fingerprint density at radius 2 is 1.30 bits per heavy atom. The van der Waals surface area contributed by atoms with E-state index in [1.54, 1.807) is 20.2 Å². The van der Waals surface area contributed by atoms with Gasteiger partial charge < -0.3 is 26.6 Å². The molecule has 47 heavy (non-hydrogen) atoms. The van der Waals surface area contributed by atoms with Crippen molar-refractivity contribution < 1.29 is 14.4 Å². The second-order valence-electron chi connectivity index (χ2n) is 13.0. The molecule has 0 spiro atoms. The van der Waals surface area contributed by atoms with Gasteiger partial charge in [0.1, 0.15) is 12.1 Å². The number of benzene rings is 3. The van der Waals surface area contributed by atoms with Crippen LogP contribution in [0.4, 0.5) is 0 Å². The van der Waals surface area contributed by atoms with Gasteiger partial charge in [-0.3, -0.25) is 14.4 Å². The maximum atomic E-state index is 14.4. The van der Waals surface area contributed by atoms with E-state index < -0.39 is 17.6 Å². The molecule has 3 aromatic rings. The minimum Gasteiger partial charge on any atom is -0.354 e. The summed E-state index contributed by atoms with van der Waals surface area (Å²) in [5.41, 5.74) is 15.3. The zero-order chi connectivity index (χ0) is 34.2. The van der Waals surface area contributed by atoms with Crippen molar-refractivity contribution in [2.75, 3.05) is 27.2 Å². The van der Waals surface area contributed by atoms with Crippen LogP contribution in [0.2, 0.25) is 0 Å². The summed E-state index contributed by atoms with van der Waals surface area (Å²) in [5.74, 6) is -0.823. The van der Waals surface area contributed by atoms with E-state index in [4.69, 9.17) is 11.5 Å². The molecule has 0 saturated carbocycles. The number of amides is 3. The molecule has 8 nitrogen and oxygen atoms in total. The summed E-state index contributed by atoms with van der Waals surface area (Å²) in [6.45, 7) is 4.97. The lowest BCUT2D eigenvalue weighted by Gasteiger charge is -2.34. The van der Waals surface area contributed by atoms with E-state index in [0.29, 0.717) is 25.9 Å². The van der Waals surface area contributed by atoms with Crippen LogP contribution in [0.25, 0.3) is 11.1 Å². The van der Waals surface area contributed by atoms with Gasteiger partial charge >= 0.3 is 0 Å². The predicted molar refractivity (Wildman–Crippen MR) is 191 cm³/mol. The number of carbonyl (C=O) groups excluding carboxylic acids is 3. The van der Waals surface area contributed by atoms with E-state index >= 15 is 0 Å². The zero-order valence-electron chi connectivity index (χ0n) is 28.5. The van der Waals surface area contributed by atoms with Gasteiger partial charge in [-0.25, -0.2) is 0 Å². The molecule has 8 heteroatoms. The molecule has 0 unspecified atom stereocenters. The Balaban J connectivity index is 1.87. The van der Waals surface area contributed by atoms with Gasteiger partial charge in [0.15, 0.2) is 0 Å². The van der Waals surface area contributed by atoms with Crippen molar-refractivity contribution in [3.05, 3.63) is 108 Å². The van der Waals surface area contributed by atoms with Gasteiger partial charge in [0.25, 0.3) is 0 Å². The molecule has 3 aromatic carbocycles. The third kappa shape index (κ3) is 12.5. The van der Waals surface area contributed by atoms with Crippen molar-refractivity contribution in [2.45, 2.75) is 76.4 Å². The number of likely N-dealkylation sites (N-methyl/N-ethyl adjacent to an activating group) is 2. The van der Waals surface area contributed by atoms with Crippen LogP contribution in [0.1, 0.15) is 57.1 Å². The van der Waals surface area contributed by atoms with Gasteiger partial charge in [-0.2, -0.15) is 0 Å². The minimum absolute atomic E-state index is 0.214. The Hall–Kier alpha value is -4.27. The third-order valence-electron chi connectivity index (χ3n) is 8.31. The Labute approximate surface area is 281 Å². The van der Waals surface area contributed by atoms with Crippen LogP contribution in [0, 0.1) is 0 Å². The van der Waals surface area contributed by atoms with E-state index in [0.717, 1.165) is 47.9 Å². The average molecular weight is 640 g/mol. The number of hydrogen-bond acceptors (Lipinski definition) is 5. The molecule has 0 aromatic heterocycles. The lowest BCUT2D eigenvalue weighted by molar-refractivity contribution is -0.146. The van der Waals surface area contributed by atoms with Crippen molar-refractivity contribution in [1.29, 1.82) is 0 Å². The highest BCUT2D eigenvalue weighted by molar-refractivity contribution is 5.95. The van der Waals surface area contributed by atoms with Gasteiger partial charge in [0, 0.05) is 39.0 Å². The predicted octanol–water partition coefficient (Wildman–Crippen LogP) is 5.11. The Morgan fingerprint density at radius 1 is 0.745 bits per heavy atom. The molecule has 0 radical (unpaired) electrons. The highest BCUT2D eigenvalue weighted by atomic mass is 16.2. The normalized spacial score (nSPS) is 12.8. The molecule has 0 fully saturated rings. The van der Waals surface area contributed by atoms with E-state index in [9.17, 15) is 14.4 Å². The first-order chi connectivity index (χ1) is 22.5. The summed E-state index contributed by atoms with van der Waals surface area (Å²) < 4.78 is 0. The summed E-state index contributed by atoms with van der Waals surface area (Å²) in [6.07, 6.45) is 8.17.